The molecule has 2 aliphatic rings. The van der Waals surface area contributed by atoms with Gasteiger partial charge in [-0.3, -0.25) is 4.98 Å². The summed E-state index contributed by atoms with van der Waals surface area (Å²) < 4.78 is 0. The lowest BCUT2D eigenvalue weighted by Gasteiger charge is -2.24. The van der Waals surface area contributed by atoms with Gasteiger partial charge in [0.25, 0.3) is 0 Å². The van der Waals surface area contributed by atoms with Gasteiger partial charge in [-0.2, -0.15) is 5.10 Å². The van der Waals surface area contributed by atoms with Gasteiger partial charge in [0.15, 0.2) is 0 Å². The summed E-state index contributed by atoms with van der Waals surface area (Å²) in [5.74, 6) is 0.503. The molecule has 78 valence electrons. The second-order valence-electron chi connectivity index (χ2n) is 4.06. The minimum atomic E-state index is 0.307. The maximum atomic E-state index is 4.41. The summed E-state index contributed by atoms with van der Waals surface area (Å²) in [4.78, 5) is 4.16. The molecule has 0 radical (unpaired) electrons. The largest absolute Gasteiger partial charge is 0.316 e. The van der Waals surface area contributed by atoms with Crippen LogP contribution in [0, 0.1) is 5.92 Å². The summed E-state index contributed by atoms with van der Waals surface area (Å²) in [6.45, 7) is 2.07. The second-order valence-corrected chi connectivity index (χ2v) is 4.06. The number of hydrazone groups is 1. The topological polar surface area (TPSA) is 49.3 Å². The number of hydrogen-bond acceptors (Lipinski definition) is 4. The van der Waals surface area contributed by atoms with E-state index in [1.165, 1.54) is 11.3 Å². The van der Waals surface area contributed by atoms with Gasteiger partial charge in [-0.05, 0) is 11.6 Å². The van der Waals surface area contributed by atoms with Gasteiger partial charge in [0.2, 0.25) is 0 Å². The highest BCUT2D eigenvalue weighted by Gasteiger charge is 2.34. The molecule has 4 nitrogen and oxygen atoms in total. The lowest BCUT2D eigenvalue weighted by molar-refractivity contribution is 0.450. The van der Waals surface area contributed by atoms with Crippen LogP contribution in [0.4, 0.5) is 0 Å². The van der Waals surface area contributed by atoms with Gasteiger partial charge in [-0.15, -0.1) is 0 Å². The molecule has 15 heavy (non-hydrogen) atoms. The van der Waals surface area contributed by atoms with Crippen molar-refractivity contribution in [2.45, 2.75) is 12.5 Å². The van der Waals surface area contributed by atoms with Crippen molar-refractivity contribution in [3.63, 3.8) is 0 Å². The number of nitrogens with one attached hydrogen (secondary N) is 2. The van der Waals surface area contributed by atoms with Gasteiger partial charge in [-0.25, -0.2) is 0 Å². The summed E-state index contributed by atoms with van der Waals surface area (Å²) in [6.07, 6.45) is 4.79. The molecule has 2 unspecified atom stereocenters. The van der Waals surface area contributed by atoms with E-state index in [-0.39, 0.29) is 0 Å². The Morgan fingerprint density at radius 2 is 2.40 bits per heavy atom. The molecule has 2 N–H and O–H groups in total. The lowest BCUT2D eigenvalue weighted by Crippen LogP contribution is -2.38. The third-order valence-electron chi connectivity index (χ3n) is 3.14. The molecule has 0 saturated carbocycles. The van der Waals surface area contributed by atoms with Crippen LogP contribution in [-0.2, 0) is 0 Å². The summed E-state index contributed by atoms with van der Waals surface area (Å²) in [7, 11) is 0. The van der Waals surface area contributed by atoms with Crippen LogP contribution in [0.2, 0.25) is 0 Å². The zero-order valence-electron chi connectivity index (χ0n) is 8.48. The van der Waals surface area contributed by atoms with Crippen molar-refractivity contribution in [2.75, 3.05) is 13.1 Å². The average molecular weight is 202 g/mol. The fraction of sp³-hybridized carbons (Fsp3) is 0.455. The fourth-order valence-electron chi connectivity index (χ4n) is 2.34. The highest BCUT2D eigenvalue weighted by Crippen LogP contribution is 2.29. The second kappa shape index (κ2) is 3.62. The minimum Gasteiger partial charge on any atom is -0.316 e. The molecule has 0 spiro atoms. The molecule has 1 aromatic heterocycles. The van der Waals surface area contributed by atoms with Crippen molar-refractivity contribution in [1.29, 1.82) is 0 Å². The van der Waals surface area contributed by atoms with E-state index in [0.29, 0.717) is 12.0 Å². The maximum absolute atomic E-state index is 4.41. The molecule has 2 aliphatic heterocycles. The van der Waals surface area contributed by atoms with Crippen LogP contribution in [0.25, 0.3) is 0 Å². The number of pyridine rings is 1. The number of nitrogens with zero attached hydrogens (tertiary/aromatic N) is 2. The van der Waals surface area contributed by atoms with Crippen LogP contribution in [0.1, 0.15) is 18.0 Å². The van der Waals surface area contributed by atoms with Gasteiger partial charge in [0.05, 0.1) is 6.04 Å². The first-order chi connectivity index (χ1) is 7.45. The Kier molecular flexibility index (Phi) is 2.14. The maximum Gasteiger partial charge on any atom is 0.0797 e. The van der Waals surface area contributed by atoms with E-state index in [1.807, 2.05) is 12.3 Å². The first kappa shape index (κ1) is 8.85. The van der Waals surface area contributed by atoms with Gasteiger partial charge in [0.1, 0.15) is 0 Å². The van der Waals surface area contributed by atoms with E-state index < -0.39 is 0 Å². The molecule has 4 heteroatoms. The molecule has 1 fully saturated rings. The van der Waals surface area contributed by atoms with Crippen LogP contribution < -0.4 is 10.7 Å². The number of piperidine rings is 1. The SMILES string of the molecule is c1cncc(C2NN=C3CCNCC32)c1. The Morgan fingerprint density at radius 1 is 1.40 bits per heavy atom. The Balaban J connectivity index is 1.85. The molecule has 0 amide bonds. The third-order valence-corrected chi connectivity index (χ3v) is 3.14. The molecule has 3 rings (SSSR count). The Morgan fingerprint density at radius 3 is 3.27 bits per heavy atom. The molecule has 0 aliphatic carbocycles. The molecule has 2 atom stereocenters. The van der Waals surface area contributed by atoms with Gasteiger partial charge in [-0.1, -0.05) is 6.07 Å². The standard InChI is InChI=1S/C11H14N4/c1-2-8(6-12-4-1)11-9-7-13-5-3-10(9)14-15-11/h1-2,4,6,9,11,13,15H,3,5,7H2. The molecule has 0 bridgehead atoms. The van der Waals surface area contributed by atoms with Crippen molar-refractivity contribution < 1.29 is 0 Å². The van der Waals surface area contributed by atoms with Crippen LogP contribution in [0.5, 0.6) is 0 Å². The van der Waals surface area contributed by atoms with Gasteiger partial charge < -0.3 is 10.7 Å². The van der Waals surface area contributed by atoms with Gasteiger partial charge >= 0.3 is 0 Å². The lowest BCUT2D eigenvalue weighted by atomic mass is 9.88. The molecular formula is C11H14N4. The van der Waals surface area contributed by atoms with Crippen molar-refractivity contribution in [2.24, 2.45) is 11.0 Å². The monoisotopic (exact) mass is 202 g/mol. The zero-order valence-corrected chi connectivity index (χ0v) is 8.48. The zero-order chi connectivity index (χ0) is 10.1. The fourth-order valence-corrected chi connectivity index (χ4v) is 2.34. The van der Waals surface area contributed by atoms with Gasteiger partial charge in [0, 0.05) is 43.5 Å². The summed E-state index contributed by atoms with van der Waals surface area (Å²) >= 11 is 0. The van der Waals surface area contributed by atoms with E-state index in [0.717, 1.165) is 19.5 Å². The van der Waals surface area contributed by atoms with E-state index >= 15 is 0 Å². The predicted octanol–water partition coefficient (Wildman–Crippen LogP) is 0.691. The van der Waals surface area contributed by atoms with Crippen molar-refractivity contribution in [3.8, 4) is 0 Å². The van der Waals surface area contributed by atoms with Crippen LogP contribution >= 0.6 is 0 Å². The molecule has 0 aromatic carbocycles. The summed E-state index contributed by atoms with van der Waals surface area (Å²) in [5, 5.41) is 7.83. The van der Waals surface area contributed by atoms with Crippen molar-refractivity contribution in [3.05, 3.63) is 30.1 Å². The number of fused-ring (bicyclic) bond motifs is 1. The van der Waals surface area contributed by atoms with E-state index in [1.54, 1.807) is 6.20 Å². The molecular weight excluding hydrogens is 188 g/mol. The first-order valence-electron chi connectivity index (χ1n) is 5.38. The number of rotatable bonds is 1. The number of hydrogen-bond donors (Lipinski definition) is 2. The van der Waals surface area contributed by atoms with Crippen molar-refractivity contribution in [1.82, 2.24) is 15.7 Å². The summed E-state index contributed by atoms with van der Waals surface area (Å²) in [5.41, 5.74) is 5.76. The van der Waals surface area contributed by atoms with Crippen LogP contribution in [0.3, 0.4) is 0 Å². The highest BCUT2D eigenvalue weighted by molar-refractivity contribution is 5.89. The predicted molar refractivity (Wildman–Crippen MR) is 58.5 cm³/mol. The van der Waals surface area contributed by atoms with Crippen LogP contribution in [0.15, 0.2) is 29.6 Å². The highest BCUT2D eigenvalue weighted by atomic mass is 15.3. The molecule has 1 saturated heterocycles. The minimum absolute atomic E-state index is 0.307. The van der Waals surface area contributed by atoms with Crippen LogP contribution in [-0.4, -0.2) is 23.8 Å². The number of aromatic nitrogens is 1. The van der Waals surface area contributed by atoms with E-state index in [9.17, 15) is 0 Å². The van der Waals surface area contributed by atoms with E-state index in [2.05, 4.69) is 26.9 Å². The normalized spacial score (nSPS) is 29.2. The Hall–Kier alpha value is -1.42. The Labute approximate surface area is 88.8 Å². The Bertz CT molecular complexity index is 373. The molecule has 1 aromatic rings. The molecule has 3 heterocycles. The van der Waals surface area contributed by atoms with Crippen molar-refractivity contribution >= 4 is 5.71 Å². The average Bonchev–Trinajstić information content (AvgIpc) is 2.74. The quantitative estimate of drug-likeness (QED) is 0.704. The first-order valence-corrected chi connectivity index (χ1v) is 5.38. The third kappa shape index (κ3) is 1.51. The van der Waals surface area contributed by atoms with E-state index in [4.69, 9.17) is 0 Å². The smallest absolute Gasteiger partial charge is 0.0797 e. The summed E-state index contributed by atoms with van der Waals surface area (Å²) in [6, 6.07) is 4.39.